The van der Waals surface area contributed by atoms with E-state index in [1.54, 1.807) is 24.8 Å². The molecule has 0 unspecified atom stereocenters. The van der Waals surface area contributed by atoms with E-state index in [9.17, 15) is 4.39 Å². The predicted octanol–water partition coefficient (Wildman–Crippen LogP) is 6.92. The Morgan fingerprint density at radius 3 is 2.60 bits per heavy atom. The molecule has 0 aliphatic rings. The maximum absolute atomic E-state index is 14.7. The van der Waals surface area contributed by atoms with E-state index in [1.165, 1.54) is 12.1 Å². The number of aromatic amines is 2. The molecule has 5 aromatic heterocycles. The molecule has 3 N–H and O–H groups in total. The zero-order valence-corrected chi connectivity index (χ0v) is 24.9. The van der Waals surface area contributed by atoms with Gasteiger partial charge in [-0.05, 0) is 67.7 Å². The number of likely N-dealkylation sites (N-methyl/N-ethyl adjacent to an activating group) is 1. The minimum absolute atomic E-state index is 0.313. The Balaban J connectivity index is 1.20. The fourth-order valence-electron chi connectivity index (χ4n) is 5.31. The largest absolute Gasteiger partial charge is 0.487 e. The average molecular weight is 599 g/mol. The van der Waals surface area contributed by atoms with Crippen LogP contribution in [0.4, 0.5) is 10.1 Å². The number of H-pyrrole nitrogens is 2. The van der Waals surface area contributed by atoms with Crippen molar-refractivity contribution < 1.29 is 9.13 Å². The molecule has 0 spiro atoms. The molecule has 45 heavy (non-hydrogen) atoms. The highest BCUT2D eigenvalue weighted by Gasteiger charge is 2.17. The molecular formula is C35H31FN8O. The minimum atomic E-state index is -0.313. The van der Waals surface area contributed by atoms with Crippen molar-refractivity contribution in [3.05, 3.63) is 109 Å². The van der Waals surface area contributed by atoms with E-state index in [2.05, 4.69) is 35.4 Å². The quantitative estimate of drug-likeness (QED) is 0.157. The number of hydrogen-bond acceptors (Lipinski definition) is 7. The van der Waals surface area contributed by atoms with E-state index in [4.69, 9.17) is 9.72 Å². The van der Waals surface area contributed by atoms with Crippen molar-refractivity contribution in [2.24, 2.45) is 0 Å². The number of rotatable bonds is 10. The number of anilines is 1. The van der Waals surface area contributed by atoms with Gasteiger partial charge < -0.3 is 19.9 Å². The van der Waals surface area contributed by atoms with E-state index in [0.717, 1.165) is 62.3 Å². The number of nitrogens with one attached hydrogen (secondary N) is 3. The molecule has 0 amide bonds. The molecular weight excluding hydrogens is 567 g/mol. The summed E-state index contributed by atoms with van der Waals surface area (Å²) in [6.07, 6.45) is 6.99. The van der Waals surface area contributed by atoms with Gasteiger partial charge in [-0.15, -0.1) is 0 Å². The van der Waals surface area contributed by atoms with Crippen LogP contribution < -0.4 is 10.1 Å². The molecule has 0 radical (unpaired) electrons. The molecule has 0 atom stereocenters. The van der Waals surface area contributed by atoms with Crippen LogP contribution in [0.2, 0.25) is 0 Å². The van der Waals surface area contributed by atoms with Crippen molar-refractivity contribution in [3.8, 4) is 39.5 Å². The van der Waals surface area contributed by atoms with Gasteiger partial charge in [-0.2, -0.15) is 5.10 Å². The number of halogens is 1. The van der Waals surface area contributed by atoms with Gasteiger partial charge in [-0.1, -0.05) is 30.3 Å². The summed E-state index contributed by atoms with van der Waals surface area (Å²) in [5.41, 5.74) is 8.70. The maximum Gasteiger partial charge on any atom is 0.138 e. The van der Waals surface area contributed by atoms with Gasteiger partial charge in [0.25, 0.3) is 0 Å². The third kappa shape index (κ3) is 6.09. The minimum Gasteiger partial charge on any atom is -0.487 e. The highest BCUT2D eigenvalue weighted by atomic mass is 19.1. The van der Waals surface area contributed by atoms with Gasteiger partial charge in [0.1, 0.15) is 29.4 Å². The van der Waals surface area contributed by atoms with Crippen LogP contribution >= 0.6 is 0 Å². The van der Waals surface area contributed by atoms with Crippen LogP contribution in [0.1, 0.15) is 5.56 Å². The zero-order chi connectivity index (χ0) is 30.8. The molecule has 224 valence electrons. The number of hydrogen-bond donors (Lipinski definition) is 3. The molecule has 0 bridgehead atoms. The molecule has 7 aromatic rings. The van der Waals surface area contributed by atoms with Gasteiger partial charge in [-0.3, -0.25) is 15.1 Å². The summed E-state index contributed by atoms with van der Waals surface area (Å²) in [5, 5.41) is 11.9. The molecule has 2 aromatic carbocycles. The number of fused-ring (bicyclic) bond motifs is 2. The fourth-order valence-corrected chi connectivity index (χ4v) is 5.31. The van der Waals surface area contributed by atoms with Gasteiger partial charge >= 0.3 is 0 Å². The van der Waals surface area contributed by atoms with Crippen LogP contribution in [0.15, 0.2) is 97.6 Å². The van der Waals surface area contributed by atoms with Crippen LogP contribution in [0.25, 0.3) is 55.7 Å². The lowest BCUT2D eigenvalue weighted by Gasteiger charge is -2.13. The first-order chi connectivity index (χ1) is 22.0. The Bertz CT molecular complexity index is 2100. The number of ether oxygens (including phenoxy) is 1. The van der Waals surface area contributed by atoms with E-state index in [1.807, 2.05) is 74.8 Å². The lowest BCUT2D eigenvalue weighted by atomic mass is 10.0. The van der Waals surface area contributed by atoms with Crippen molar-refractivity contribution in [1.29, 1.82) is 0 Å². The van der Waals surface area contributed by atoms with E-state index >= 15 is 0 Å². The molecule has 0 fully saturated rings. The maximum atomic E-state index is 14.7. The average Bonchev–Trinajstić information content (AvgIpc) is 3.68. The summed E-state index contributed by atoms with van der Waals surface area (Å²) < 4.78 is 20.7. The summed E-state index contributed by atoms with van der Waals surface area (Å²) in [6.45, 7) is 1.99. The number of pyridine rings is 3. The second-order valence-electron chi connectivity index (χ2n) is 11.1. The van der Waals surface area contributed by atoms with Crippen LogP contribution in [-0.4, -0.2) is 62.2 Å². The molecule has 10 heteroatoms. The normalized spacial score (nSPS) is 11.5. The Hall–Kier alpha value is -5.61. The zero-order valence-electron chi connectivity index (χ0n) is 24.9. The number of nitrogens with zero attached hydrogens (tertiary/aromatic N) is 5. The van der Waals surface area contributed by atoms with E-state index in [-0.39, 0.29) is 5.82 Å². The third-order valence-corrected chi connectivity index (χ3v) is 7.56. The van der Waals surface area contributed by atoms with Gasteiger partial charge in [0.2, 0.25) is 0 Å². The first-order valence-electron chi connectivity index (χ1n) is 14.6. The monoisotopic (exact) mass is 598 g/mol. The van der Waals surface area contributed by atoms with Crippen molar-refractivity contribution in [2.45, 2.75) is 6.61 Å². The van der Waals surface area contributed by atoms with Gasteiger partial charge in [0, 0.05) is 47.7 Å². The summed E-state index contributed by atoms with van der Waals surface area (Å²) in [7, 11) is 4.01. The van der Waals surface area contributed by atoms with Gasteiger partial charge in [0.15, 0.2) is 0 Å². The molecule has 7 rings (SSSR count). The van der Waals surface area contributed by atoms with Crippen molar-refractivity contribution >= 4 is 27.6 Å². The first kappa shape index (κ1) is 28.2. The highest BCUT2D eigenvalue weighted by Crippen LogP contribution is 2.35. The second-order valence-corrected chi connectivity index (χ2v) is 11.1. The number of benzene rings is 2. The Labute approximate surface area is 259 Å². The summed E-state index contributed by atoms with van der Waals surface area (Å²) >= 11 is 0. The Morgan fingerprint density at radius 1 is 0.867 bits per heavy atom. The second kappa shape index (κ2) is 12.2. The molecule has 0 aliphatic heterocycles. The lowest BCUT2D eigenvalue weighted by Crippen LogP contribution is -2.20. The van der Waals surface area contributed by atoms with Crippen molar-refractivity contribution in [2.75, 3.05) is 32.5 Å². The van der Waals surface area contributed by atoms with Crippen molar-refractivity contribution in [1.82, 2.24) is 35.0 Å². The smallest absolute Gasteiger partial charge is 0.138 e. The molecule has 5 heterocycles. The van der Waals surface area contributed by atoms with Crippen LogP contribution in [0.5, 0.6) is 5.75 Å². The van der Waals surface area contributed by atoms with Crippen molar-refractivity contribution in [3.63, 3.8) is 0 Å². The van der Waals surface area contributed by atoms with Crippen LogP contribution in [-0.2, 0) is 6.61 Å². The Kier molecular flexibility index (Phi) is 7.62. The number of aromatic nitrogens is 6. The summed E-state index contributed by atoms with van der Waals surface area (Å²) in [6, 6.07) is 22.8. The van der Waals surface area contributed by atoms with Gasteiger partial charge in [-0.25, -0.2) is 9.37 Å². The van der Waals surface area contributed by atoms with E-state index < -0.39 is 0 Å². The fraction of sp³-hybridized carbons (Fsp3) is 0.143. The van der Waals surface area contributed by atoms with Crippen LogP contribution in [0.3, 0.4) is 0 Å². The molecule has 0 saturated heterocycles. The van der Waals surface area contributed by atoms with E-state index in [0.29, 0.717) is 30.1 Å². The Morgan fingerprint density at radius 2 is 1.73 bits per heavy atom. The SMILES string of the molecule is CN(C)CCNc1cc(F)cc(-c2cncc3[nH]c(-c4n[nH]c5ccc(-c6cncc(OCc7ccccc7)c6)nc45)cc23)c1. The third-order valence-electron chi connectivity index (χ3n) is 7.56. The summed E-state index contributed by atoms with van der Waals surface area (Å²) in [4.78, 5) is 19.3. The van der Waals surface area contributed by atoms with Crippen LogP contribution in [0, 0.1) is 5.82 Å². The lowest BCUT2D eigenvalue weighted by molar-refractivity contribution is 0.305. The predicted molar refractivity (Wildman–Crippen MR) is 175 cm³/mol. The standard InChI is InChI=1S/C35H31FN8O/c1-44(2)11-10-39-26-13-23(12-25(36)15-26)29-19-38-20-33-28(29)16-32(40-33)35-34-31(42-43-35)9-8-30(41-34)24-14-27(18-37-17-24)45-21-22-6-4-3-5-7-22/h3-9,12-20,39-40H,10-11,21H2,1-2H3,(H,42,43). The summed E-state index contributed by atoms with van der Waals surface area (Å²) in [5.74, 6) is 0.349. The first-order valence-corrected chi connectivity index (χ1v) is 14.6. The van der Waals surface area contributed by atoms with Gasteiger partial charge in [0.05, 0.1) is 34.8 Å². The molecule has 9 nitrogen and oxygen atoms in total. The molecule has 0 saturated carbocycles. The molecule has 0 aliphatic carbocycles. The topological polar surface area (TPSA) is 108 Å². The highest BCUT2D eigenvalue weighted by molar-refractivity contribution is 6.00.